The van der Waals surface area contributed by atoms with E-state index in [0.717, 1.165) is 0 Å². The predicted octanol–water partition coefficient (Wildman–Crippen LogP) is 4.19. The molecule has 2 rings (SSSR count). The fourth-order valence-electron chi connectivity index (χ4n) is 1.90. The average molecular weight is 368 g/mol. The highest BCUT2D eigenvalue weighted by molar-refractivity contribution is 6.35. The van der Waals surface area contributed by atoms with Gasteiger partial charge in [-0.3, -0.25) is 4.79 Å². The first-order chi connectivity index (χ1) is 11.5. The maximum absolute atomic E-state index is 12.0. The molecule has 0 spiro atoms. The van der Waals surface area contributed by atoms with Crippen molar-refractivity contribution in [2.45, 2.75) is 6.92 Å². The van der Waals surface area contributed by atoms with E-state index in [9.17, 15) is 9.59 Å². The normalized spacial score (nSPS) is 10.1. The van der Waals surface area contributed by atoms with Crippen molar-refractivity contribution in [3.05, 3.63) is 58.1 Å². The average Bonchev–Trinajstić information content (AvgIpc) is 2.57. The van der Waals surface area contributed by atoms with Gasteiger partial charge in [0.2, 0.25) is 0 Å². The lowest BCUT2D eigenvalue weighted by atomic mass is 10.2. The van der Waals surface area contributed by atoms with Crippen molar-refractivity contribution in [1.29, 1.82) is 0 Å². The van der Waals surface area contributed by atoms with Crippen LogP contribution in [0.5, 0.6) is 5.75 Å². The fraction of sp³-hybridized carbons (Fsp3) is 0.176. The maximum atomic E-state index is 12.0. The second-order valence-electron chi connectivity index (χ2n) is 4.68. The Hall–Kier alpha value is -2.24. The van der Waals surface area contributed by atoms with Crippen LogP contribution in [0.2, 0.25) is 10.0 Å². The molecule has 7 heteroatoms. The fourth-order valence-corrected chi connectivity index (χ4v) is 2.27. The van der Waals surface area contributed by atoms with E-state index in [-0.39, 0.29) is 10.6 Å². The van der Waals surface area contributed by atoms with Gasteiger partial charge in [0.05, 0.1) is 22.9 Å². The van der Waals surface area contributed by atoms with Crippen LogP contribution < -0.4 is 10.1 Å². The number of ether oxygens (including phenoxy) is 2. The van der Waals surface area contributed by atoms with Gasteiger partial charge in [0.1, 0.15) is 5.75 Å². The van der Waals surface area contributed by atoms with Crippen molar-refractivity contribution in [2.75, 3.05) is 18.5 Å². The first-order valence-electron chi connectivity index (χ1n) is 7.15. The first-order valence-corrected chi connectivity index (χ1v) is 7.90. The van der Waals surface area contributed by atoms with Gasteiger partial charge >= 0.3 is 5.97 Å². The molecule has 0 aliphatic heterocycles. The molecule has 0 saturated heterocycles. The molecule has 0 atom stereocenters. The van der Waals surface area contributed by atoms with Gasteiger partial charge in [-0.1, -0.05) is 35.3 Å². The van der Waals surface area contributed by atoms with Crippen LogP contribution in [-0.4, -0.2) is 25.1 Å². The van der Waals surface area contributed by atoms with Gasteiger partial charge in [-0.25, -0.2) is 4.79 Å². The Labute approximate surface area is 149 Å². The minimum atomic E-state index is -0.726. The summed E-state index contributed by atoms with van der Waals surface area (Å²) in [4.78, 5) is 23.9. The highest BCUT2D eigenvalue weighted by Crippen LogP contribution is 2.24. The standard InChI is InChI=1S/C17H15Cl2NO4/c1-2-23-15-6-4-3-5-14(15)20-16(21)10-24-17(22)12-9-11(18)7-8-13(12)19/h3-9H,2,10H2,1H3,(H,20,21). The summed E-state index contributed by atoms with van der Waals surface area (Å²) >= 11 is 11.7. The zero-order valence-electron chi connectivity index (χ0n) is 12.8. The van der Waals surface area contributed by atoms with E-state index in [1.807, 2.05) is 6.92 Å². The molecule has 0 aliphatic rings. The maximum Gasteiger partial charge on any atom is 0.340 e. The largest absolute Gasteiger partial charge is 0.492 e. The third-order valence-electron chi connectivity index (χ3n) is 2.94. The quantitative estimate of drug-likeness (QED) is 0.777. The molecular formula is C17H15Cl2NO4. The first kappa shape index (κ1) is 18.1. The second kappa shape index (κ2) is 8.57. The summed E-state index contributed by atoms with van der Waals surface area (Å²) in [6.07, 6.45) is 0. The van der Waals surface area contributed by atoms with Gasteiger partial charge in [0.15, 0.2) is 6.61 Å². The van der Waals surface area contributed by atoms with E-state index in [2.05, 4.69) is 5.32 Å². The number of para-hydroxylation sites is 2. The summed E-state index contributed by atoms with van der Waals surface area (Å²) < 4.78 is 10.4. The Morgan fingerprint density at radius 1 is 1.12 bits per heavy atom. The summed E-state index contributed by atoms with van der Waals surface area (Å²) in [5, 5.41) is 3.18. The third kappa shape index (κ3) is 4.88. The Morgan fingerprint density at radius 2 is 1.88 bits per heavy atom. The minimum absolute atomic E-state index is 0.103. The summed E-state index contributed by atoms with van der Waals surface area (Å²) in [6, 6.07) is 11.4. The smallest absolute Gasteiger partial charge is 0.340 e. The van der Waals surface area contributed by atoms with Crippen molar-refractivity contribution in [1.82, 2.24) is 0 Å². The molecule has 0 aromatic heterocycles. The Bertz CT molecular complexity index is 749. The molecule has 0 radical (unpaired) electrons. The number of esters is 1. The highest BCUT2D eigenvalue weighted by Gasteiger charge is 2.15. The van der Waals surface area contributed by atoms with E-state index in [1.54, 1.807) is 30.3 Å². The van der Waals surface area contributed by atoms with Crippen LogP contribution in [-0.2, 0) is 9.53 Å². The zero-order chi connectivity index (χ0) is 17.5. The second-order valence-corrected chi connectivity index (χ2v) is 5.52. The number of anilines is 1. The summed E-state index contributed by atoms with van der Waals surface area (Å²) in [7, 11) is 0. The lowest BCUT2D eigenvalue weighted by Gasteiger charge is -2.11. The predicted molar refractivity (Wildman–Crippen MR) is 93.0 cm³/mol. The van der Waals surface area contributed by atoms with Crippen molar-refractivity contribution < 1.29 is 19.1 Å². The molecule has 0 heterocycles. The van der Waals surface area contributed by atoms with Gasteiger partial charge < -0.3 is 14.8 Å². The summed E-state index contributed by atoms with van der Waals surface area (Å²) in [6.45, 7) is 1.85. The molecule has 24 heavy (non-hydrogen) atoms. The Morgan fingerprint density at radius 3 is 2.62 bits per heavy atom. The van der Waals surface area contributed by atoms with E-state index in [1.165, 1.54) is 12.1 Å². The van der Waals surface area contributed by atoms with Gasteiger partial charge in [0, 0.05) is 5.02 Å². The zero-order valence-corrected chi connectivity index (χ0v) is 14.4. The van der Waals surface area contributed by atoms with Gasteiger partial charge in [-0.2, -0.15) is 0 Å². The number of benzene rings is 2. The molecule has 126 valence electrons. The van der Waals surface area contributed by atoms with Crippen LogP contribution in [0.1, 0.15) is 17.3 Å². The molecule has 0 fully saturated rings. The van der Waals surface area contributed by atoms with Gasteiger partial charge in [0.25, 0.3) is 5.91 Å². The molecular weight excluding hydrogens is 353 g/mol. The molecule has 2 aromatic carbocycles. The molecule has 0 saturated carbocycles. The Balaban J connectivity index is 1.96. The number of hydrogen-bond acceptors (Lipinski definition) is 4. The van der Waals surface area contributed by atoms with E-state index in [0.29, 0.717) is 23.1 Å². The molecule has 5 nitrogen and oxygen atoms in total. The van der Waals surface area contributed by atoms with Crippen molar-refractivity contribution in [3.63, 3.8) is 0 Å². The topological polar surface area (TPSA) is 64.6 Å². The van der Waals surface area contributed by atoms with Gasteiger partial charge in [-0.05, 0) is 37.3 Å². The number of carbonyl (C=O) groups excluding carboxylic acids is 2. The van der Waals surface area contributed by atoms with Crippen LogP contribution in [0.4, 0.5) is 5.69 Å². The van der Waals surface area contributed by atoms with Crippen LogP contribution in [0.3, 0.4) is 0 Å². The number of nitrogens with one attached hydrogen (secondary N) is 1. The van der Waals surface area contributed by atoms with Crippen LogP contribution >= 0.6 is 23.2 Å². The molecule has 2 aromatic rings. The van der Waals surface area contributed by atoms with E-state index in [4.69, 9.17) is 32.7 Å². The van der Waals surface area contributed by atoms with Crippen LogP contribution in [0.25, 0.3) is 0 Å². The number of rotatable bonds is 6. The SMILES string of the molecule is CCOc1ccccc1NC(=O)COC(=O)c1cc(Cl)ccc1Cl. The monoisotopic (exact) mass is 367 g/mol. The van der Waals surface area contributed by atoms with Crippen molar-refractivity contribution in [2.24, 2.45) is 0 Å². The molecule has 1 amide bonds. The van der Waals surface area contributed by atoms with Crippen molar-refractivity contribution in [3.8, 4) is 5.75 Å². The number of amides is 1. The lowest BCUT2D eigenvalue weighted by molar-refractivity contribution is -0.119. The third-order valence-corrected chi connectivity index (χ3v) is 3.51. The van der Waals surface area contributed by atoms with E-state index < -0.39 is 18.5 Å². The molecule has 0 aliphatic carbocycles. The van der Waals surface area contributed by atoms with Gasteiger partial charge in [-0.15, -0.1) is 0 Å². The number of carbonyl (C=O) groups is 2. The highest BCUT2D eigenvalue weighted by atomic mass is 35.5. The van der Waals surface area contributed by atoms with E-state index >= 15 is 0 Å². The number of hydrogen-bond donors (Lipinski definition) is 1. The summed E-state index contributed by atoms with van der Waals surface area (Å²) in [5.41, 5.74) is 0.605. The Kier molecular flexibility index (Phi) is 6.46. The van der Waals surface area contributed by atoms with Crippen LogP contribution in [0.15, 0.2) is 42.5 Å². The van der Waals surface area contributed by atoms with Crippen LogP contribution in [0, 0.1) is 0 Å². The molecule has 1 N–H and O–H groups in total. The lowest BCUT2D eigenvalue weighted by Crippen LogP contribution is -2.21. The minimum Gasteiger partial charge on any atom is -0.492 e. The van der Waals surface area contributed by atoms with Crippen molar-refractivity contribution >= 4 is 40.8 Å². The number of halogens is 2. The summed E-state index contributed by atoms with van der Waals surface area (Å²) in [5.74, 6) is -0.679. The molecule has 0 unspecified atom stereocenters. The molecule has 0 bridgehead atoms.